The van der Waals surface area contributed by atoms with E-state index in [1.807, 2.05) is 6.07 Å². The van der Waals surface area contributed by atoms with Crippen LogP contribution in [0, 0.1) is 16.0 Å². The first kappa shape index (κ1) is 25.3. The highest BCUT2D eigenvalue weighted by Crippen LogP contribution is 2.25. The number of furan rings is 1. The van der Waals surface area contributed by atoms with Crippen LogP contribution in [-0.4, -0.2) is 64.1 Å². The van der Waals surface area contributed by atoms with E-state index in [1.54, 1.807) is 24.3 Å². The Hall–Kier alpha value is -4.31. The molecule has 10 nitrogen and oxygen atoms in total. The molecule has 0 N–H and O–H groups in total. The molecule has 10 heteroatoms. The molecule has 2 aliphatic heterocycles. The SMILES string of the molecule is O=C1CN(/N=C/c2ccc(-c3ccc([N+](=O)[O-])cc3)o2)C(=O)N1CCC1CCN(Cc2ccccc2)CC1. The van der Waals surface area contributed by atoms with E-state index in [0.29, 0.717) is 29.5 Å². The Morgan fingerprint density at radius 1 is 1.00 bits per heavy atom. The molecule has 2 fully saturated rings. The number of imide groups is 1. The van der Waals surface area contributed by atoms with Gasteiger partial charge in [-0.05, 0) is 68.1 Å². The third-order valence-corrected chi connectivity index (χ3v) is 7.07. The second-order valence-electron chi connectivity index (χ2n) is 9.63. The third-order valence-electron chi connectivity index (χ3n) is 7.07. The first-order valence-corrected chi connectivity index (χ1v) is 12.7. The smallest absolute Gasteiger partial charge is 0.347 e. The molecule has 0 saturated carbocycles. The second-order valence-corrected chi connectivity index (χ2v) is 9.63. The van der Waals surface area contributed by atoms with Gasteiger partial charge in [0.25, 0.3) is 11.6 Å². The Kier molecular flexibility index (Phi) is 7.60. The van der Waals surface area contributed by atoms with Gasteiger partial charge in [0.05, 0.1) is 11.1 Å². The predicted molar refractivity (Wildman–Crippen MR) is 141 cm³/mol. The fourth-order valence-corrected chi connectivity index (χ4v) is 4.88. The second kappa shape index (κ2) is 11.4. The number of hydrogen-bond acceptors (Lipinski definition) is 7. The molecule has 38 heavy (non-hydrogen) atoms. The number of carbonyl (C=O) groups is 2. The average molecular weight is 516 g/mol. The van der Waals surface area contributed by atoms with Crippen molar-refractivity contribution >= 4 is 23.8 Å². The van der Waals surface area contributed by atoms with Crippen LogP contribution in [0.3, 0.4) is 0 Å². The number of hydrogen-bond donors (Lipinski definition) is 0. The van der Waals surface area contributed by atoms with Crippen molar-refractivity contribution in [2.75, 3.05) is 26.2 Å². The van der Waals surface area contributed by atoms with Crippen molar-refractivity contribution in [3.8, 4) is 11.3 Å². The van der Waals surface area contributed by atoms with Gasteiger partial charge in [-0.1, -0.05) is 30.3 Å². The van der Waals surface area contributed by atoms with E-state index in [2.05, 4.69) is 34.3 Å². The minimum Gasteiger partial charge on any atom is -0.455 e. The van der Waals surface area contributed by atoms with Gasteiger partial charge in [-0.25, -0.2) is 9.80 Å². The summed E-state index contributed by atoms with van der Waals surface area (Å²) in [6.45, 7) is 3.29. The summed E-state index contributed by atoms with van der Waals surface area (Å²) < 4.78 is 5.73. The third kappa shape index (κ3) is 5.97. The molecule has 3 heterocycles. The number of likely N-dealkylation sites (tertiary alicyclic amines) is 1. The molecule has 0 atom stereocenters. The summed E-state index contributed by atoms with van der Waals surface area (Å²) in [5.74, 6) is 1.15. The molecule has 0 bridgehead atoms. The van der Waals surface area contributed by atoms with Gasteiger partial charge in [0.1, 0.15) is 18.1 Å². The number of rotatable bonds is 9. The molecule has 196 valence electrons. The largest absolute Gasteiger partial charge is 0.455 e. The van der Waals surface area contributed by atoms with Crippen LogP contribution in [0.5, 0.6) is 0 Å². The molecule has 3 aromatic rings. The lowest BCUT2D eigenvalue weighted by Crippen LogP contribution is -2.36. The predicted octanol–water partition coefficient (Wildman–Crippen LogP) is 4.76. The van der Waals surface area contributed by atoms with E-state index in [9.17, 15) is 19.7 Å². The summed E-state index contributed by atoms with van der Waals surface area (Å²) >= 11 is 0. The Morgan fingerprint density at radius 3 is 2.45 bits per heavy atom. The van der Waals surface area contributed by atoms with Crippen LogP contribution in [0.1, 0.15) is 30.6 Å². The molecular weight excluding hydrogens is 486 g/mol. The number of non-ortho nitro benzene ring substituents is 1. The highest BCUT2D eigenvalue weighted by Gasteiger charge is 2.36. The van der Waals surface area contributed by atoms with Crippen molar-refractivity contribution in [3.05, 3.63) is 88.2 Å². The van der Waals surface area contributed by atoms with Gasteiger partial charge in [0, 0.05) is 30.8 Å². The Labute approximate surface area is 220 Å². The standard InChI is InChI=1S/C28H29N5O5/c34-27-20-32(29-18-25-10-11-26(38-25)23-6-8-24(9-7-23)33(36)37)28(35)31(27)17-14-21-12-15-30(16-13-21)19-22-4-2-1-3-5-22/h1-11,18,21H,12-17,19-20H2/b29-18+. The van der Waals surface area contributed by atoms with Crippen LogP contribution < -0.4 is 0 Å². The molecule has 0 aliphatic carbocycles. The summed E-state index contributed by atoms with van der Waals surface area (Å²) in [4.78, 5) is 39.4. The van der Waals surface area contributed by atoms with Crippen molar-refractivity contribution in [1.29, 1.82) is 0 Å². The highest BCUT2D eigenvalue weighted by molar-refractivity contribution is 6.02. The van der Waals surface area contributed by atoms with E-state index in [-0.39, 0.29) is 18.1 Å². The molecule has 2 saturated heterocycles. The van der Waals surface area contributed by atoms with Gasteiger partial charge in [0.15, 0.2) is 0 Å². The number of hydrazone groups is 1. The van der Waals surface area contributed by atoms with E-state index >= 15 is 0 Å². The van der Waals surface area contributed by atoms with Gasteiger partial charge in [-0.3, -0.25) is 24.7 Å². The topological polar surface area (TPSA) is 112 Å². The highest BCUT2D eigenvalue weighted by atomic mass is 16.6. The van der Waals surface area contributed by atoms with Gasteiger partial charge in [-0.2, -0.15) is 5.10 Å². The van der Waals surface area contributed by atoms with Crippen LogP contribution in [0.15, 0.2) is 76.2 Å². The molecule has 0 unspecified atom stereocenters. The number of nitrogens with zero attached hydrogens (tertiary/aromatic N) is 5. The van der Waals surface area contributed by atoms with E-state index in [0.717, 1.165) is 43.9 Å². The minimum absolute atomic E-state index is 0.00243. The van der Waals surface area contributed by atoms with Crippen LogP contribution in [-0.2, 0) is 11.3 Å². The lowest BCUT2D eigenvalue weighted by Gasteiger charge is -2.32. The number of nitro benzene ring substituents is 1. The summed E-state index contributed by atoms with van der Waals surface area (Å²) in [6, 6.07) is 19.4. The van der Waals surface area contributed by atoms with Crippen molar-refractivity contribution < 1.29 is 18.9 Å². The van der Waals surface area contributed by atoms with Gasteiger partial charge in [0.2, 0.25) is 0 Å². The zero-order chi connectivity index (χ0) is 26.5. The van der Waals surface area contributed by atoms with Crippen molar-refractivity contribution in [2.24, 2.45) is 11.0 Å². The zero-order valence-electron chi connectivity index (χ0n) is 20.9. The summed E-state index contributed by atoms with van der Waals surface area (Å²) in [5.41, 5.74) is 1.99. The van der Waals surface area contributed by atoms with Crippen LogP contribution in [0.25, 0.3) is 11.3 Å². The maximum atomic E-state index is 12.8. The van der Waals surface area contributed by atoms with Crippen LogP contribution in [0.4, 0.5) is 10.5 Å². The fourth-order valence-electron chi connectivity index (χ4n) is 4.88. The number of urea groups is 1. The Bertz CT molecular complexity index is 1310. The van der Waals surface area contributed by atoms with E-state index < -0.39 is 11.0 Å². The van der Waals surface area contributed by atoms with Crippen molar-refractivity contribution in [3.63, 3.8) is 0 Å². The normalized spacial score (nSPS) is 17.2. The van der Waals surface area contributed by atoms with Crippen molar-refractivity contribution in [2.45, 2.75) is 25.8 Å². The summed E-state index contributed by atoms with van der Waals surface area (Å²) in [7, 11) is 0. The molecule has 2 aliphatic rings. The Balaban J connectivity index is 1.10. The zero-order valence-corrected chi connectivity index (χ0v) is 20.9. The van der Waals surface area contributed by atoms with Gasteiger partial charge >= 0.3 is 6.03 Å². The number of benzene rings is 2. The first-order chi connectivity index (χ1) is 18.5. The Morgan fingerprint density at radius 2 is 1.74 bits per heavy atom. The van der Waals surface area contributed by atoms with Crippen molar-refractivity contribution in [1.82, 2.24) is 14.8 Å². The minimum atomic E-state index is -0.461. The molecule has 3 amide bonds. The van der Waals surface area contributed by atoms with E-state index in [1.165, 1.54) is 28.8 Å². The van der Waals surface area contributed by atoms with Gasteiger partial charge < -0.3 is 4.42 Å². The number of nitro groups is 1. The molecule has 1 aromatic heterocycles. The number of carbonyl (C=O) groups excluding carboxylic acids is 2. The number of amides is 3. The lowest BCUT2D eigenvalue weighted by atomic mass is 9.93. The molecular formula is C28H29N5O5. The lowest BCUT2D eigenvalue weighted by molar-refractivity contribution is -0.384. The van der Waals surface area contributed by atoms with Crippen LogP contribution in [0.2, 0.25) is 0 Å². The maximum Gasteiger partial charge on any atom is 0.347 e. The molecule has 0 radical (unpaired) electrons. The first-order valence-electron chi connectivity index (χ1n) is 12.7. The van der Waals surface area contributed by atoms with Crippen LogP contribution >= 0.6 is 0 Å². The maximum absolute atomic E-state index is 12.8. The number of piperidine rings is 1. The summed E-state index contributed by atoms with van der Waals surface area (Å²) in [6.07, 6.45) is 4.30. The average Bonchev–Trinajstić information content (AvgIpc) is 3.51. The molecule has 2 aromatic carbocycles. The van der Waals surface area contributed by atoms with Gasteiger partial charge in [-0.15, -0.1) is 0 Å². The molecule has 0 spiro atoms. The molecule has 5 rings (SSSR count). The monoisotopic (exact) mass is 515 g/mol. The fraction of sp³-hybridized carbons (Fsp3) is 0.321. The quantitative estimate of drug-likeness (QED) is 0.176. The van der Waals surface area contributed by atoms with E-state index in [4.69, 9.17) is 4.42 Å². The summed E-state index contributed by atoms with van der Waals surface area (Å²) in [5, 5.41) is 16.2.